The fourth-order valence-corrected chi connectivity index (χ4v) is 1.64. The third-order valence-electron chi connectivity index (χ3n) is 2.62. The maximum Gasteiger partial charge on any atom is 0.216 e. The predicted molar refractivity (Wildman–Crippen MR) is 57.2 cm³/mol. The molecule has 1 aliphatic heterocycles. The van der Waals surface area contributed by atoms with Crippen LogP contribution in [0, 0.1) is 0 Å². The van der Waals surface area contributed by atoms with Crippen LogP contribution >= 0.6 is 0 Å². The van der Waals surface area contributed by atoms with Gasteiger partial charge >= 0.3 is 0 Å². The van der Waals surface area contributed by atoms with Crippen molar-refractivity contribution >= 4 is 5.91 Å². The van der Waals surface area contributed by atoms with Crippen molar-refractivity contribution in [1.82, 2.24) is 15.1 Å². The first-order valence-corrected chi connectivity index (χ1v) is 5.34. The maximum absolute atomic E-state index is 10.6. The van der Waals surface area contributed by atoms with Crippen molar-refractivity contribution in [2.75, 3.05) is 46.3 Å². The maximum atomic E-state index is 10.6. The highest BCUT2D eigenvalue weighted by atomic mass is 16.1. The lowest BCUT2D eigenvalue weighted by Gasteiger charge is -2.32. The van der Waals surface area contributed by atoms with Gasteiger partial charge in [0.1, 0.15) is 0 Å². The quantitative estimate of drug-likeness (QED) is 0.635. The van der Waals surface area contributed by atoms with Crippen LogP contribution in [-0.2, 0) is 4.79 Å². The van der Waals surface area contributed by atoms with E-state index in [9.17, 15) is 4.79 Å². The van der Waals surface area contributed by atoms with Crippen LogP contribution in [0.3, 0.4) is 0 Å². The van der Waals surface area contributed by atoms with Crippen molar-refractivity contribution in [1.29, 1.82) is 0 Å². The van der Waals surface area contributed by atoms with Crippen molar-refractivity contribution < 1.29 is 4.79 Å². The van der Waals surface area contributed by atoms with E-state index < -0.39 is 0 Å². The monoisotopic (exact) mass is 199 g/mol. The number of carbonyl (C=O) groups is 1. The molecule has 4 nitrogen and oxygen atoms in total. The second-order valence-electron chi connectivity index (χ2n) is 3.98. The van der Waals surface area contributed by atoms with Crippen LogP contribution in [0.25, 0.3) is 0 Å². The molecular formula is C10H21N3O. The number of hydrogen-bond donors (Lipinski definition) is 1. The van der Waals surface area contributed by atoms with E-state index in [-0.39, 0.29) is 5.91 Å². The van der Waals surface area contributed by atoms with E-state index in [1.54, 1.807) is 6.92 Å². The van der Waals surface area contributed by atoms with E-state index in [2.05, 4.69) is 22.2 Å². The number of rotatable bonds is 4. The normalized spacial score (nSPS) is 19.6. The summed E-state index contributed by atoms with van der Waals surface area (Å²) in [7, 11) is 2.16. The Kier molecular flexibility index (Phi) is 4.90. The molecule has 1 aliphatic rings. The Morgan fingerprint density at radius 3 is 2.50 bits per heavy atom. The first-order valence-electron chi connectivity index (χ1n) is 5.34. The Morgan fingerprint density at radius 1 is 1.29 bits per heavy atom. The summed E-state index contributed by atoms with van der Waals surface area (Å²) in [6.45, 7) is 8.14. The summed E-state index contributed by atoms with van der Waals surface area (Å²) in [4.78, 5) is 15.4. The van der Waals surface area contributed by atoms with Crippen LogP contribution in [0.4, 0.5) is 0 Å². The van der Waals surface area contributed by atoms with Gasteiger partial charge in [-0.2, -0.15) is 0 Å². The minimum Gasteiger partial charge on any atom is -0.356 e. The second kappa shape index (κ2) is 5.98. The van der Waals surface area contributed by atoms with Gasteiger partial charge in [0.2, 0.25) is 5.91 Å². The Balaban J connectivity index is 1.99. The molecule has 0 bridgehead atoms. The van der Waals surface area contributed by atoms with Crippen molar-refractivity contribution in [2.24, 2.45) is 0 Å². The van der Waals surface area contributed by atoms with Gasteiger partial charge in [-0.1, -0.05) is 0 Å². The van der Waals surface area contributed by atoms with Gasteiger partial charge in [-0.05, 0) is 20.0 Å². The molecule has 0 atom stereocenters. The highest BCUT2D eigenvalue weighted by Crippen LogP contribution is 1.99. The summed E-state index contributed by atoms with van der Waals surface area (Å²) in [6.07, 6.45) is 1.06. The SMILES string of the molecule is CC(=O)NCCCN1CCN(C)CC1. The molecule has 1 amide bonds. The molecule has 14 heavy (non-hydrogen) atoms. The molecule has 0 spiro atoms. The summed E-state index contributed by atoms with van der Waals surface area (Å²) in [6, 6.07) is 0. The van der Waals surface area contributed by atoms with Gasteiger partial charge in [0.25, 0.3) is 0 Å². The highest BCUT2D eigenvalue weighted by molar-refractivity contribution is 5.72. The van der Waals surface area contributed by atoms with Gasteiger partial charge in [0.05, 0.1) is 0 Å². The third-order valence-corrected chi connectivity index (χ3v) is 2.62. The van der Waals surface area contributed by atoms with E-state index in [0.717, 1.165) is 32.6 Å². The number of amides is 1. The molecule has 1 N–H and O–H groups in total. The molecule has 1 rings (SSSR count). The number of nitrogens with one attached hydrogen (secondary N) is 1. The fourth-order valence-electron chi connectivity index (χ4n) is 1.64. The summed E-state index contributed by atoms with van der Waals surface area (Å²) in [5.41, 5.74) is 0. The smallest absolute Gasteiger partial charge is 0.216 e. The minimum absolute atomic E-state index is 0.0726. The molecule has 0 radical (unpaired) electrons. The number of piperazine rings is 1. The predicted octanol–water partition coefficient (Wildman–Crippen LogP) is -0.240. The zero-order valence-electron chi connectivity index (χ0n) is 9.25. The summed E-state index contributed by atoms with van der Waals surface area (Å²) in [5, 5.41) is 2.82. The fraction of sp³-hybridized carbons (Fsp3) is 0.900. The van der Waals surface area contributed by atoms with E-state index in [0.29, 0.717) is 0 Å². The highest BCUT2D eigenvalue weighted by Gasteiger charge is 2.12. The van der Waals surface area contributed by atoms with Crippen LogP contribution in [-0.4, -0.2) is 62.0 Å². The molecule has 82 valence electrons. The van der Waals surface area contributed by atoms with Gasteiger partial charge in [-0.25, -0.2) is 0 Å². The number of carbonyl (C=O) groups excluding carboxylic acids is 1. The number of hydrogen-bond acceptors (Lipinski definition) is 3. The van der Waals surface area contributed by atoms with Crippen LogP contribution in [0.5, 0.6) is 0 Å². The molecule has 0 aromatic rings. The van der Waals surface area contributed by atoms with Crippen LogP contribution < -0.4 is 5.32 Å². The van der Waals surface area contributed by atoms with E-state index in [4.69, 9.17) is 0 Å². The molecule has 4 heteroatoms. The number of likely N-dealkylation sites (N-methyl/N-ethyl adjacent to an activating group) is 1. The molecule has 1 saturated heterocycles. The lowest BCUT2D eigenvalue weighted by atomic mass is 10.3. The van der Waals surface area contributed by atoms with Gasteiger partial charge in [-0.3, -0.25) is 4.79 Å². The Labute approximate surface area is 86.2 Å². The third kappa shape index (κ3) is 4.58. The molecule has 0 aromatic carbocycles. The molecule has 0 aliphatic carbocycles. The van der Waals surface area contributed by atoms with Crippen molar-refractivity contribution in [3.05, 3.63) is 0 Å². The first kappa shape index (κ1) is 11.5. The molecular weight excluding hydrogens is 178 g/mol. The molecule has 0 unspecified atom stereocenters. The van der Waals surface area contributed by atoms with Crippen LogP contribution in [0.1, 0.15) is 13.3 Å². The van der Waals surface area contributed by atoms with Gasteiger partial charge in [0, 0.05) is 39.6 Å². The molecule has 0 saturated carbocycles. The minimum atomic E-state index is 0.0726. The zero-order chi connectivity index (χ0) is 10.4. The largest absolute Gasteiger partial charge is 0.356 e. The topological polar surface area (TPSA) is 35.6 Å². The summed E-state index contributed by atoms with van der Waals surface area (Å²) in [5.74, 6) is 0.0726. The van der Waals surface area contributed by atoms with Crippen molar-refractivity contribution in [2.45, 2.75) is 13.3 Å². The molecule has 0 aromatic heterocycles. The van der Waals surface area contributed by atoms with Gasteiger partial charge in [-0.15, -0.1) is 0 Å². The average molecular weight is 199 g/mol. The number of nitrogens with zero attached hydrogens (tertiary/aromatic N) is 2. The van der Waals surface area contributed by atoms with Crippen molar-refractivity contribution in [3.8, 4) is 0 Å². The Hall–Kier alpha value is -0.610. The van der Waals surface area contributed by atoms with E-state index in [1.807, 2.05) is 0 Å². The lowest BCUT2D eigenvalue weighted by Crippen LogP contribution is -2.45. The Morgan fingerprint density at radius 2 is 1.93 bits per heavy atom. The zero-order valence-corrected chi connectivity index (χ0v) is 9.25. The summed E-state index contributed by atoms with van der Waals surface area (Å²) < 4.78 is 0. The van der Waals surface area contributed by atoms with Crippen molar-refractivity contribution in [3.63, 3.8) is 0 Å². The standard InChI is InChI=1S/C10H21N3O/c1-10(14)11-4-3-5-13-8-6-12(2)7-9-13/h3-9H2,1-2H3,(H,11,14). The van der Waals surface area contributed by atoms with Gasteiger partial charge < -0.3 is 15.1 Å². The second-order valence-corrected chi connectivity index (χ2v) is 3.98. The summed E-state index contributed by atoms with van der Waals surface area (Å²) >= 11 is 0. The van der Waals surface area contributed by atoms with E-state index in [1.165, 1.54) is 13.1 Å². The molecule has 1 heterocycles. The van der Waals surface area contributed by atoms with Crippen LogP contribution in [0.15, 0.2) is 0 Å². The average Bonchev–Trinajstić information content (AvgIpc) is 2.15. The van der Waals surface area contributed by atoms with Gasteiger partial charge in [0.15, 0.2) is 0 Å². The molecule has 1 fully saturated rings. The lowest BCUT2D eigenvalue weighted by molar-refractivity contribution is -0.118. The van der Waals surface area contributed by atoms with Crippen LogP contribution in [0.2, 0.25) is 0 Å². The first-order chi connectivity index (χ1) is 6.68. The Bertz CT molecular complexity index is 176. The van der Waals surface area contributed by atoms with E-state index >= 15 is 0 Å².